The summed E-state index contributed by atoms with van der Waals surface area (Å²) < 4.78 is 49.3. The number of halogens is 3. The largest absolute Gasteiger partial charge is 0.482 e. The molecule has 1 aromatic heterocycles. The van der Waals surface area contributed by atoms with Crippen molar-refractivity contribution in [2.45, 2.75) is 6.18 Å². The summed E-state index contributed by atoms with van der Waals surface area (Å²) in [7, 11) is 0. The molecular formula is C20H13F3N2O4. The van der Waals surface area contributed by atoms with E-state index in [2.05, 4.69) is 10.6 Å². The van der Waals surface area contributed by atoms with Crippen molar-refractivity contribution in [1.29, 1.82) is 0 Å². The van der Waals surface area contributed by atoms with Crippen molar-refractivity contribution >= 4 is 23.2 Å². The normalized spacial score (nSPS) is 13.3. The summed E-state index contributed by atoms with van der Waals surface area (Å²) in [5.41, 5.74) is 0.197. The number of anilines is 2. The van der Waals surface area contributed by atoms with Crippen LogP contribution in [0, 0.1) is 0 Å². The highest BCUT2D eigenvalue weighted by molar-refractivity contribution is 6.03. The van der Waals surface area contributed by atoms with Gasteiger partial charge in [0.1, 0.15) is 11.5 Å². The number of alkyl halides is 3. The van der Waals surface area contributed by atoms with E-state index in [1.807, 2.05) is 0 Å². The summed E-state index contributed by atoms with van der Waals surface area (Å²) in [5.74, 6) is -0.362. The van der Waals surface area contributed by atoms with Gasteiger partial charge < -0.3 is 19.8 Å². The van der Waals surface area contributed by atoms with Crippen LogP contribution in [-0.4, -0.2) is 18.4 Å². The van der Waals surface area contributed by atoms with Crippen molar-refractivity contribution in [3.05, 3.63) is 65.9 Å². The molecule has 2 amide bonds. The highest BCUT2D eigenvalue weighted by Crippen LogP contribution is 2.33. The molecule has 4 rings (SSSR count). The van der Waals surface area contributed by atoms with Gasteiger partial charge in [-0.05, 0) is 42.5 Å². The lowest BCUT2D eigenvalue weighted by molar-refractivity contribution is -0.137. The van der Waals surface area contributed by atoms with Crippen molar-refractivity contribution in [3.63, 3.8) is 0 Å². The lowest BCUT2D eigenvalue weighted by Crippen LogP contribution is -2.25. The minimum Gasteiger partial charge on any atom is -0.482 e. The lowest BCUT2D eigenvalue weighted by Gasteiger charge is -2.18. The van der Waals surface area contributed by atoms with Gasteiger partial charge in [-0.3, -0.25) is 9.59 Å². The average Bonchev–Trinajstić information content (AvgIpc) is 3.17. The first-order chi connectivity index (χ1) is 13.8. The van der Waals surface area contributed by atoms with Gasteiger partial charge >= 0.3 is 6.18 Å². The Morgan fingerprint density at radius 1 is 1.07 bits per heavy atom. The summed E-state index contributed by atoms with van der Waals surface area (Å²) in [6, 6.07) is 12.1. The Labute approximate surface area is 162 Å². The second-order valence-corrected chi connectivity index (χ2v) is 6.24. The maximum absolute atomic E-state index is 12.9. The number of carbonyl (C=O) groups is 2. The molecule has 0 bridgehead atoms. The van der Waals surface area contributed by atoms with Crippen molar-refractivity contribution in [2.24, 2.45) is 0 Å². The Kier molecular flexibility index (Phi) is 4.50. The second-order valence-electron chi connectivity index (χ2n) is 6.24. The zero-order valence-corrected chi connectivity index (χ0v) is 14.7. The molecule has 0 fully saturated rings. The standard InChI is InChI=1S/C20H13F3N2O4/c21-20(22,23)12-3-1-2-11(8-12)15-6-7-17(29-15)19(27)24-13-4-5-16-14(9-13)25-18(26)10-28-16/h1-9H,10H2,(H,24,27)(H,25,26). The summed E-state index contributed by atoms with van der Waals surface area (Å²) in [5, 5.41) is 5.23. The van der Waals surface area contributed by atoms with Crippen LogP contribution in [0.5, 0.6) is 5.75 Å². The predicted octanol–water partition coefficient (Wildman–Crippen LogP) is 4.55. The Hall–Kier alpha value is -3.75. The number of carbonyl (C=O) groups excluding carboxylic acids is 2. The Morgan fingerprint density at radius 2 is 1.90 bits per heavy atom. The van der Waals surface area contributed by atoms with Crippen LogP contribution in [0.2, 0.25) is 0 Å². The van der Waals surface area contributed by atoms with Crippen LogP contribution < -0.4 is 15.4 Å². The number of benzene rings is 2. The Balaban J connectivity index is 1.52. The molecular weight excluding hydrogens is 389 g/mol. The first-order valence-electron chi connectivity index (χ1n) is 8.45. The summed E-state index contributed by atoms with van der Waals surface area (Å²) in [6.07, 6.45) is -4.48. The Morgan fingerprint density at radius 3 is 2.69 bits per heavy atom. The molecule has 2 aromatic carbocycles. The molecule has 0 saturated carbocycles. The number of hydrogen-bond donors (Lipinski definition) is 2. The number of ether oxygens (including phenoxy) is 1. The van der Waals surface area contributed by atoms with E-state index in [0.29, 0.717) is 17.1 Å². The number of amides is 2. The van der Waals surface area contributed by atoms with E-state index >= 15 is 0 Å². The maximum Gasteiger partial charge on any atom is 0.416 e. The van der Waals surface area contributed by atoms with Gasteiger partial charge in [-0.1, -0.05) is 12.1 Å². The van der Waals surface area contributed by atoms with Gasteiger partial charge in [-0.25, -0.2) is 0 Å². The molecule has 0 unspecified atom stereocenters. The van der Waals surface area contributed by atoms with E-state index in [1.54, 1.807) is 12.1 Å². The zero-order chi connectivity index (χ0) is 20.6. The predicted molar refractivity (Wildman–Crippen MR) is 97.7 cm³/mol. The molecule has 3 aromatic rings. The molecule has 0 atom stereocenters. The number of furan rings is 1. The lowest BCUT2D eigenvalue weighted by atomic mass is 10.1. The molecule has 0 spiro atoms. The third-order valence-electron chi connectivity index (χ3n) is 4.17. The van der Waals surface area contributed by atoms with Crippen LogP contribution in [-0.2, 0) is 11.0 Å². The molecule has 1 aliphatic rings. The smallest absolute Gasteiger partial charge is 0.416 e. The van der Waals surface area contributed by atoms with Crippen molar-refractivity contribution in [1.82, 2.24) is 0 Å². The minimum atomic E-state index is -4.48. The first kappa shape index (κ1) is 18.6. The molecule has 0 saturated heterocycles. The summed E-state index contributed by atoms with van der Waals surface area (Å²) in [4.78, 5) is 23.8. The maximum atomic E-state index is 12.9. The molecule has 2 N–H and O–H groups in total. The third-order valence-corrected chi connectivity index (χ3v) is 4.17. The van der Waals surface area contributed by atoms with E-state index < -0.39 is 17.6 Å². The molecule has 6 nitrogen and oxygen atoms in total. The number of rotatable bonds is 3. The topological polar surface area (TPSA) is 80.6 Å². The van der Waals surface area contributed by atoms with E-state index in [1.165, 1.54) is 30.3 Å². The molecule has 29 heavy (non-hydrogen) atoms. The zero-order valence-electron chi connectivity index (χ0n) is 14.7. The van der Waals surface area contributed by atoms with Gasteiger partial charge in [0.05, 0.1) is 11.3 Å². The molecule has 148 valence electrons. The van der Waals surface area contributed by atoms with Gasteiger partial charge in [0.25, 0.3) is 11.8 Å². The van der Waals surface area contributed by atoms with E-state index in [0.717, 1.165) is 12.1 Å². The highest BCUT2D eigenvalue weighted by Gasteiger charge is 2.30. The summed E-state index contributed by atoms with van der Waals surface area (Å²) >= 11 is 0. The van der Waals surface area contributed by atoms with Gasteiger partial charge in [-0.15, -0.1) is 0 Å². The molecule has 0 aliphatic carbocycles. The fourth-order valence-electron chi connectivity index (χ4n) is 2.82. The fourth-order valence-corrected chi connectivity index (χ4v) is 2.82. The van der Waals surface area contributed by atoms with Gasteiger partial charge in [0, 0.05) is 11.3 Å². The van der Waals surface area contributed by atoms with Crippen LogP contribution >= 0.6 is 0 Å². The number of hydrogen-bond acceptors (Lipinski definition) is 4. The summed E-state index contributed by atoms with van der Waals surface area (Å²) in [6.45, 7) is -0.0799. The van der Waals surface area contributed by atoms with E-state index in [4.69, 9.17) is 9.15 Å². The van der Waals surface area contributed by atoms with Crippen molar-refractivity contribution in [2.75, 3.05) is 17.2 Å². The van der Waals surface area contributed by atoms with Crippen LogP contribution in [0.15, 0.2) is 59.0 Å². The van der Waals surface area contributed by atoms with Crippen LogP contribution in [0.4, 0.5) is 24.5 Å². The van der Waals surface area contributed by atoms with Crippen LogP contribution in [0.3, 0.4) is 0 Å². The monoisotopic (exact) mass is 402 g/mol. The molecule has 1 aliphatic heterocycles. The van der Waals surface area contributed by atoms with Crippen LogP contribution in [0.25, 0.3) is 11.3 Å². The fraction of sp³-hybridized carbons (Fsp3) is 0.100. The van der Waals surface area contributed by atoms with Gasteiger partial charge in [0.15, 0.2) is 12.4 Å². The first-order valence-corrected chi connectivity index (χ1v) is 8.45. The SMILES string of the molecule is O=C1COc2ccc(NC(=O)c3ccc(-c4cccc(C(F)(F)F)c4)o3)cc2N1. The van der Waals surface area contributed by atoms with E-state index in [9.17, 15) is 22.8 Å². The van der Waals surface area contributed by atoms with Crippen LogP contribution in [0.1, 0.15) is 16.1 Å². The van der Waals surface area contributed by atoms with Crippen molar-refractivity contribution < 1.29 is 31.9 Å². The molecule has 0 radical (unpaired) electrons. The number of fused-ring (bicyclic) bond motifs is 1. The van der Waals surface area contributed by atoms with Gasteiger partial charge in [0.2, 0.25) is 0 Å². The third kappa shape index (κ3) is 3.93. The van der Waals surface area contributed by atoms with E-state index in [-0.39, 0.29) is 29.6 Å². The van der Waals surface area contributed by atoms with Crippen molar-refractivity contribution in [3.8, 4) is 17.1 Å². The Bertz CT molecular complexity index is 1110. The van der Waals surface area contributed by atoms with Gasteiger partial charge in [-0.2, -0.15) is 13.2 Å². The molecule has 2 heterocycles. The average molecular weight is 402 g/mol. The number of nitrogens with one attached hydrogen (secondary N) is 2. The quantitative estimate of drug-likeness (QED) is 0.674. The highest BCUT2D eigenvalue weighted by atomic mass is 19.4. The minimum absolute atomic E-state index is 0.0737. The second kappa shape index (κ2) is 7.01. The molecule has 9 heteroatoms.